The first-order chi connectivity index (χ1) is 7.67. The topological polar surface area (TPSA) is 18.5 Å². The minimum atomic E-state index is 0.412. The molecule has 0 aliphatic carbocycles. The normalized spacial score (nSPS) is 13.0. The predicted octanol–water partition coefficient (Wildman–Crippen LogP) is 3.30. The fourth-order valence-corrected chi connectivity index (χ4v) is 1.57. The molecule has 0 radical (unpaired) electrons. The van der Waals surface area contributed by atoms with Gasteiger partial charge < -0.3 is 9.47 Å². The molecule has 1 atom stereocenters. The molecule has 2 heteroatoms. The van der Waals surface area contributed by atoms with Gasteiger partial charge in [-0.3, -0.25) is 0 Å². The van der Waals surface area contributed by atoms with Gasteiger partial charge in [-0.15, -0.1) is 0 Å². The first kappa shape index (κ1) is 12.8. The quantitative estimate of drug-likeness (QED) is 0.758. The molecular formula is C14H20O2. The summed E-state index contributed by atoms with van der Waals surface area (Å²) >= 11 is 0. The van der Waals surface area contributed by atoms with Gasteiger partial charge in [-0.2, -0.15) is 0 Å². The summed E-state index contributed by atoms with van der Waals surface area (Å²) in [5.41, 5.74) is 2.35. The Morgan fingerprint density at radius 1 is 1.31 bits per heavy atom. The zero-order valence-corrected chi connectivity index (χ0v) is 10.5. The first-order valence-corrected chi connectivity index (χ1v) is 5.49. The van der Waals surface area contributed by atoms with E-state index in [2.05, 4.69) is 38.1 Å². The number of benzene rings is 1. The minimum Gasteiger partial charge on any atom is -0.496 e. The van der Waals surface area contributed by atoms with Gasteiger partial charge in [0.15, 0.2) is 0 Å². The van der Waals surface area contributed by atoms with Gasteiger partial charge in [0.25, 0.3) is 0 Å². The molecule has 0 heterocycles. The van der Waals surface area contributed by atoms with Gasteiger partial charge in [0.05, 0.1) is 13.7 Å². The molecule has 0 aromatic heterocycles. The Kier molecular flexibility index (Phi) is 5.06. The number of aryl methyl sites for hydroxylation is 1. The third kappa shape index (κ3) is 3.70. The fraction of sp³-hybridized carbons (Fsp3) is 0.429. The highest BCUT2D eigenvalue weighted by atomic mass is 16.5. The smallest absolute Gasteiger partial charge is 0.126 e. The molecule has 0 spiro atoms. The van der Waals surface area contributed by atoms with Gasteiger partial charge in [0, 0.05) is 12.7 Å². The molecule has 0 bridgehead atoms. The highest BCUT2D eigenvalue weighted by molar-refractivity contribution is 5.58. The zero-order valence-electron chi connectivity index (χ0n) is 10.5. The van der Waals surface area contributed by atoms with Crippen LogP contribution >= 0.6 is 0 Å². The van der Waals surface area contributed by atoms with Crippen LogP contribution in [0.15, 0.2) is 24.3 Å². The van der Waals surface area contributed by atoms with Crippen LogP contribution in [0.4, 0.5) is 0 Å². The number of ether oxygens (including phenoxy) is 2. The van der Waals surface area contributed by atoms with Crippen molar-refractivity contribution < 1.29 is 9.47 Å². The van der Waals surface area contributed by atoms with Crippen molar-refractivity contribution in [2.75, 3.05) is 20.8 Å². The molecule has 1 aromatic rings. The van der Waals surface area contributed by atoms with Crippen molar-refractivity contribution >= 4 is 6.08 Å². The Balaban J connectivity index is 2.82. The molecule has 0 saturated heterocycles. The minimum absolute atomic E-state index is 0.412. The Bertz CT molecular complexity index is 356. The largest absolute Gasteiger partial charge is 0.496 e. The van der Waals surface area contributed by atoms with Crippen LogP contribution in [-0.2, 0) is 4.74 Å². The van der Waals surface area contributed by atoms with Crippen LogP contribution in [0.25, 0.3) is 6.08 Å². The van der Waals surface area contributed by atoms with Crippen LogP contribution in [-0.4, -0.2) is 20.8 Å². The lowest BCUT2D eigenvalue weighted by atomic mass is 10.1. The van der Waals surface area contributed by atoms with Crippen molar-refractivity contribution in [3.63, 3.8) is 0 Å². The number of hydrogen-bond donors (Lipinski definition) is 0. The van der Waals surface area contributed by atoms with E-state index in [-0.39, 0.29) is 0 Å². The maximum Gasteiger partial charge on any atom is 0.126 e. The van der Waals surface area contributed by atoms with Gasteiger partial charge in [-0.25, -0.2) is 0 Å². The van der Waals surface area contributed by atoms with Crippen molar-refractivity contribution in [2.45, 2.75) is 13.8 Å². The summed E-state index contributed by atoms with van der Waals surface area (Å²) in [7, 11) is 3.41. The van der Waals surface area contributed by atoms with E-state index < -0.39 is 0 Å². The summed E-state index contributed by atoms with van der Waals surface area (Å²) in [4.78, 5) is 0. The molecule has 88 valence electrons. The summed E-state index contributed by atoms with van der Waals surface area (Å²) in [5, 5.41) is 0. The number of rotatable bonds is 5. The number of methoxy groups -OCH3 is 2. The second-order valence-electron chi connectivity index (χ2n) is 4.04. The van der Waals surface area contributed by atoms with Crippen molar-refractivity contribution in [3.05, 3.63) is 35.4 Å². The van der Waals surface area contributed by atoms with E-state index in [1.165, 1.54) is 5.56 Å². The summed E-state index contributed by atoms with van der Waals surface area (Å²) in [6.07, 6.45) is 4.23. The second kappa shape index (κ2) is 6.33. The highest BCUT2D eigenvalue weighted by Gasteiger charge is 2.00. The maximum absolute atomic E-state index is 5.31. The van der Waals surface area contributed by atoms with Crippen molar-refractivity contribution in [1.82, 2.24) is 0 Å². The third-order valence-electron chi connectivity index (χ3n) is 2.42. The Labute approximate surface area is 97.9 Å². The van der Waals surface area contributed by atoms with Gasteiger partial charge in [-0.1, -0.05) is 30.7 Å². The molecule has 0 N–H and O–H groups in total. The van der Waals surface area contributed by atoms with Crippen LogP contribution in [0.2, 0.25) is 0 Å². The molecular weight excluding hydrogens is 200 g/mol. The monoisotopic (exact) mass is 220 g/mol. The Morgan fingerprint density at radius 2 is 2.06 bits per heavy atom. The molecule has 0 aliphatic rings. The average molecular weight is 220 g/mol. The summed E-state index contributed by atoms with van der Waals surface area (Å²) in [5.74, 6) is 1.32. The van der Waals surface area contributed by atoms with Crippen molar-refractivity contribution in [2.24, 2.45) is 5.92 Å². The van der Waals surface area contributed by atoms with Gasteiger partial charge >= 0.3 is 0 Å². The predicted molar refractivity (Wildman–Crippen MR) is 67.8 cm³/mol. The van der Waals surface area contributed by atoms with E-state index >= 15 is 0 Å². The molecule has 1 rings (SSSR count). The molecule has 16 heavy (non-hydrogen) atoms. The SMILES string of the molecule is COC[C@@H](C)/C=C/c1cc(C)ccc1OC. The first-order valence-electron chi connectivity index (χ1n) is 5.49. The molecule has 2 nitrogen and oxygen atoms in total. The van der Waals surface area contributed by atoms with E-state index in [1.807, 2.05) is 6.07 Å². The molecule has 0 unspecified atom stereocenters. The van der Waals surface area contributed by atoms with Crippen LogP contribution in [0.5, 0.6) is 5.75 Å². The maximum atomic E-state index is 5.31. The average Bonchev–Trinajstić information content (AvgIpc) is 2.27. The highest BCUT2D eigenvalue weighted by Crippen LogP contribution is 2.21. The fourth-order valence-electron chi connectivity index (χ4n) is 1.57. The van der Waals surface area contributed by atoms with E-state index in [0.29, 0.717) is 5.92 Å². The molecule has 0 saturated carbocycles. The van der Waals surface area contributed by atoms with Crippen molar-refractivity contribution in [3.8, 4) is 5.75 Å². The Hall–Kier alpha value is -1.28. The van der Waals surface area contributed by atoms with Crippen molar-refractivity contribution in [1.29, 1.82) is 0 Å². The molecule has 0 fully saturated rings. The number of hydrogen-bond acceptors (Lipinski definition) is 2. The third-order valence-corrected chi connectivity index (χ3v) is 2.42. The summed E-state index contributed by atoms with van der Waals surface area (Å²) in [6.45, 7) is 4.95. The molecule has 0 amide bonds. The van der Waals surface area contributed by atoms with E-state index in [0.717, 1.165) is 17.9 Å². The van der Waals surface area contributed by atoms with Crippen LogP contribution in [0.1, 0.15) is 18.1 Å². The van der Waals surface area contributed by atoms with E-state index in [1.54, 1.807) is 14.2 Å². The molecule has 0 aliphatic heterocycles. The Morgan fingerprint density at radius 3 is 2.69 bits per heavy atom. The standard InChI is InChI=1S/C14H20O2/c1-11-6-8-14(16-4)13(9-11)7-5-12(2)10-15-3/h5-9,12H,10H2,1-4H3/b7-5+/t12-/m0/s1. The summed E-state index contributed by atoms with van der Waals surface area (Å²) < 4.78 is 10.4. The van der Waals surface area contributed by atoms with Gasteiger partial charge in [0.1, 0.15) is 5.75 Å². The summed E-state index contributed by atoms with van der Waals surface area (Å²) in [6, 6.07) is 6.17. The van der Waals surface area contributed by atoms with Crippen LogP contribution in [0.3, 0.4) is 0 Å². The second-order valence-corrected chi connectivity index (χ2v) is 4.04. The van der Waals surface area contributed by atoms with E-state index in [9.17, 15) is 0 Å². The van der Waals surface area contributed by atoms with Gasteiger partial charge in [-0.05, 0) is 25.0 Å². The van der Waals surface area contributed by atoms with Crippen LogP contribution < -0.4 is 4.74 Å². The molecule has 1 aromatic carbocycles. The lowest BCUT2D eigenvalue weighted by Gasteiger charge is -2.07. The lowest BCUT2D eigenvalue weighted by molar-refractivity contribution is 0.176. The zero-order chi connectivity index (χ0) is 12.0. The lowest BCUT2D eigenvalue weighted by Crippen LogP contribution is -1.99. The van der Waals surface area contributed by atoms with Gasteiger partial charge in [0.2, 0.25) is 0 Å². The van der Waals surface area contributed by atoms with E-state index in [4.69, 9.17) is 9.47 Å². The van der Waals surface area contributed by atoms with Crippen LogP contribution in [0, 0.1) is 12.8 Å².